The second kappa shape index (κ2) is 12.9. The molecule has 0 atom stereocenters. The number of benzene rings is 2. The van der Waals surface area contributed by atoms with E-state index in [2.05, 4.69) is 62.4 Å². The molecule has 0 saturated carbocycles. The molecule has 2 aromatic carbocycles. The van der Waals surface area contributed by atoms with Gasteiger partial charge >= 0.3 is 0 Å². The molecule has 38 heavy (non-hydrogen) atoms. The monoisotopic (exact) mass is 550 g/mol. The van der Waals surface area contributed by atoms with Gasteiger partial charge in [0.15, 0.2) is 5.16 Å². The molecule has 1 amide bonds. The van der Waals surface area contributed by atoms with Crippen molar-refractivity contribution in [1.29, 1.82) is 0 Å². The summed E-state index contributed by atoms with van der Waals surface area (Å²) in [5.74, 6) is 1.60. The zero-order valence-electron chi connectivity index (χ0n) is 21.9. The van der Waals surface area contributed by atoms with Gasteiger partial charge in [0.25, 0.3) is 5.91 Å². The summed E-state index contributed by atoms with van der Waals surface area (Å²) in [5.41, 5.74) is 3.15. The van der Waals surface area contributed by atoms with Gasteiger partial charge < -0.3 is 15.1 Å². The number of rotatable bonds is 8. The second-order valence-electron chi connectivity index (χ2n) is 10.1. The third-order valence-corrected chi connectivity index (χ3v) is 8.36. The van der Waals surface area contributed by atoms with Crippen LogP contribution in [-0.2, 0) is 12.3 Å². The molecule has 9 heteroatoms. The van der Waals surface area contributed by atoms with Gasteiger partial charge in [-0.2, -0.15) is 0 Å². The van der Waals surface area contributed by atoms with Crippen molar-refractivity contribution in [3.05, 3.63) is 82.5 Å². The lowest BCUT2D eigenvalue weighted by molar-refractivity contribution is 0.0909. The highest BCUT2D eigenvalue weighted by Crippen LogP contribution is 2.25. The average Bonchev–Trinajstić information content (AvgIpc) is 2.94. The number of hydrogen-bond donors (Lipinski definition) is 1. The van der Waals surface area contributed by atoms with Gasteiger partial charge in [-0.3, -0.25) is 9.69 Å². The number of likely N-dealkylation sites (N-methyl/N-ethyl adjacent to an activating group) is 1. The van der Waals surface area contributed by atoms with Crippen molar-refractivity contribution in [3.8, 4) is 0 Å². The third kappa shape index (κ3) is 7.47. The zero-order valence-corrected chi connectivity index (χ0v) is 23.4. The number of nitrogens with one attached hydrogen (secondary N) is 1. The lowest BCUT2D eigenvalue weighted by Crippen LogP contribution is -2.44. The summed E-state index contributed by atoms with van der Waals surface area (Å²) in [4.78, 5) is 29.0. The molecule has 2 saturated heterocycles. The van der Waals surface area contributed by atoms with Gasteiger partial charge in [0.2, 0.25) is 0 Å². The number of carbonyl (C=O) groups is 1. The Morgan fingerprint density at radius 3 is 2.37 bits per heavy atom. The molecule has 3 heterocycles. The van der Waals surface area contributed by atoms with Crippen LogP contribution in [0.2, 0.25) is 5.15 Å². The molecular formula is C29H35ClN6OS. The molecule has 2 aliphatic heterocycles. The number of likely N-dealkylation sites (tertiary alicyclic amines) is 1. The molecule has 2 aliphatic rings. The van der Waals surface area contributed by atoms with Gasteiger partial charge in [0.1, 0.15) is 11.0 Å². The Balaban J connectivity index is 1.09. The van der Waals surface area contributed by atoms with E-state index < -0.39 is 0 Å². The summed E-state index contributed by atoms with van der Waals surface area (Å²) >= 11 is 7.87. The predicted octanol–water partition coefficient (Wildman–Crippen LogP) is 4.57. The minimum Gasteiger partial charge on any atom is -0.354 e. The predicted molar refractivity (Wildman–Crippen MR) is 155 cm³/mol. The number of thioether (sulfide) groups is 1. The highest BCUT2D eigenvalue weighted by Gasteiger charge is 2.21. The first kappa shape index (κ1) is 26.9. The van der Waals surface area contributed by atoms with Crippen molar-refractivity contribution in [2.45, 2.75) is 36.3 Å². The van der Waals surface area contributed by atoms with E-state index in [4.69, 9.17) is 16.6 Å². The van der Waals surface area contributed by atoms with Crippen LogP contribution in [0.4, 0.5) is 5.82 Å². The summed E-state index contributed by atoms with van der Waals surface area (Å²) in [6.07, 6.45) is 1.95. The third-order valence-electron chi connectivity index (χ3n) is 7.24. The van der Waals surface area contributed by atoms with Gasteiger partial charge in [-0.25, -0.2) is 9.97 Å². The molecule has 5 rings (SSSR count). The van der Waals surface area contributed by atoms with Gasteiger partial charge in [-0.1, -0.05) is 65.8 Å². The topological polar surface area (TPSA) is 64.6 Å². The van der Waals surface area contributed by atoms with E-state index in [0.29, 0.717) is 21.6 Å². The summed E-state index contributed by atoms with van der Waals surface area (Å²) in [6.45, 7) is 6.86. The summed E-state index contributed by atoms with van der Waals surface area (Å²) in [7, 11) is 2.14. The van der Waals surface area contributed by atoms with Crippen molar-refractivity contribution in [2.24, 2.45) is 0 Å². The number of aromatic nitrogens is 2. The Bertz CT molecular complexity index is 1200. The van der Waals surface area contributed by atoms with Crippen LogP contribution < -0.4 is 10.2 Å². The lowest BCUT2D eigenvalue weighted by Gasteiger charge is -2.33. The first-order chi connectivity index (χ1) is 18.5. The molecule has 7 nitrogen and oxygen atoms in total. The molecule has 0 unspecified atom stereocenters. The number of hydrogen-bond acceptors (Lipinski definition) is 7. The Morgan fingerprint density at radius 2 is 1.66 bits per heavy atom. The maximum Gasteiger partial charge on any atom is 0.251 e. The largest absolute Gasteiger partial charge is 0.354 e. The molecule has 0 spiro atoms. The van der Waals surface area contributed by atoms with E-state index in [9.17, 15) is 4.79 Å². The lowest BCUT2D eigenvalue weighted by atomic mass is 10.0. The first-order valence-corrected chi connectivity index (χ1v) is 14.6. The fourth-order valence-corrected chi connectivity index (χ4v) is 5.93. The van der Waals surface area contributed by atoms with Crippen molar-refractivity contribution < 1.29 is 4.79 Å². The Labute approximate surface area is 234 Å². The number of piperidine rings is 1. The zero-order chi connectivity index (χ0) is 26.3. The second-order valence-corrected chi connectivity index (χ2v) is 11.4. The van der Waals surface area contributed by atoms with Gasteiger partial charge in [-0.05, 0) is 43.1 Å². The quantitative estimate of drug-likeness (QED) is 0.250. The van der Waals surface area contributed by atoms with Crippen molar-refractivity contribution >= 4 is 35.1 Å². The molecule has 0 aliphatic carbocycles. The van der Waals surface area contributed by atoms with Crippen LogP contribution in [-0.4, -0.2) is 78.0 Å². The standard InChI is InChI=1S/C29H35ClN6OS/c1-34-15-17-36(18-16-34)27-19-26(30)32-29(33-27)38-21-23-7-9-24(10-8-23)28(37)31-25-11-13-35(14-12-25)20-22-5-3-2-4-6-22/h2-10,19,25H,11-18,20-21H2,1H3,(H,31,37). The molecule has 1 aromatic heterocycles. The van der Waals surface area contributed by atoms with Crippen molar-refractivity contribution in [2.75, 3.05) is 51.2 Å². The van der Waals surface area contributed by atoms with Crippen LogP contribution in [0.1, 0.15) is 34.3 Å². The van der Waals surface area contributed by atoms with Crippen LogP contribution in [0.5, 0.6) is 0 Å². The number of nitrogens with zero attached hydrogens (tertiary/aromatic N) is 5. The van der Waals surface area contributed by atoms with Crippen molar-refractivity contribution in [1.82, 2.24) is 25.1 Å². The number of amides is 1. The molecular weight excluding hydrogens is 516 g/mol. The Morgan fingerprint density at radius 1 is 0.947 bits per heavy atom. The molecule has 0 bridgehead atoms. The van der Waals surface area contributed by atoms with E-state index in [0.717, 1.165) is 70.0 Å². The maximum atomic E-state index is 12.8. The molecule has 1 N–H and O–H groups in total. The molecule has 3 aromatic rings. The normalized spacial score (nSPS) is 17.5. The van der Waals surface area contributed by atoms with Gasteiger partial charge in [0, 0.05) is 69.2 Å². The van der Waals surface area contributed by atoms with Crippen LogP contribution in [0.3, 0.4) is 0 Å². The average molecular weight is 551 g/mol. The van der Waals surface area contributed by atoms with Crippen LogP contribution >= 0.6 is 23.4 Å². The first-order valence-electron chi connectivity index (χ1n) is 13.3. The number of halogens is 1. The summed E-state index contributed by atoms with van der Waals surface area (Å²) < 4.78 is 0. The van der Waals surface area contributed by atoms with Crippen LogP contribution in [0.15, 0.2) is 65.8 Å². The van der Waals surface area contributed by atoms with E-state index in [-0.39, 0.29) is 11.9 Å². The van der Waals surface area contributed by atoms with Crippen molar-refractivity contribution in [3.63, 3.8) is 0 Å². The SMILES string of the molecule is CN1CCN(c2cc(Cl)nc(SCc3ccc(C(=O)NC4CCN(Cc5ccccc5)CC4)cc3)n2)CC1. The summed E-state index contributed by atoms with van der Waals surface area (Å²) in [6, 6.07) is 20.5. The van der Waals surface area contributed by atoms with E-state index in [1.54, 1.807) is 11.8 Å². The molecule has 2 fully saturated rings. The number of carbonyl (C=O) groups excluding carboxylic acids is 1. The highest BCUT2D eigenvalue weighted by molar-refractivity contribution is 7.98. The number of anilines is 1. The van der Waals surface area contributed by atoms with Gasteiger partial charge in [0.05, 0.1) is 0 Å². The van der Waals surface area contributed by atoms with Gasteiger partial charge in [-0.15, -0.1) is 0 Å². The maximum absolute atomic E-state index is 12.8. The van der Waals surface area contributed by atoms with E-state index in [1.807, 2.05) is 30.3 Å². The van der Waals surface area contributed by atoms with E-state index >= 15 is 0 Å². The smallest absolute Gasteiger partial charge is 0.251 e. The minimum atomic E-state index is 0.000653. The molecule has 200 valence electrons. The molecule has 0 radical (unpaired) electrons. The number of piperazine rings is 1. The Hall–Kier alpha value is -2.65. The highest BCUT2D eigenvalue weighted by atomic mass is 35.5. The van der Waals surface area contributed by atoms with Crippen LogP contribution in [0, 0.1) is 0 Å². The Kier molecular flexibility index (Phi) is 9.17. The van der Waals surface area contributed by atoms with Crippen LogP contribution in [0.25, 0.3) is 0 Å². The fourth-order valence-electron chi connectivity index (χ4n) is 4.89. The summed E-state index contributed by atoms with van der Waals surface area (Å²) in [5, 5.41) is 4.37. The fraction of sp³-hybridized carbons (Fsp3) is 0.414. The minimum absolute atomic E-state index is 0.000653. The van der Waals surface area contributed by atoms with E-state index in [1.165, 1.54) is 5.56 Å².